The summed E-state index contributed by atoms with van der Waals surface area (Å²) in [4.78, 5) is 26.7. The van der Waals surface area contributed by atoms with Gasteiger partial charge in [-0.1, -0.05) is 12.1 Å². The van der Waals surface area contributed by atoms with Crippen molar-refractivity contribution in [3.63, 3.8) is 0 Å². The maximum Gasteiger partial charge on any atom is 0.253 e. The maximum atomic E-state index is 12.6. The molecule has 1 amide bonds. The SMILES string of the molecule is O=C(c1ccc2ncsc2c1)N1CC(c2nc3ccccc3[nH]2)C1. The van der Waals surface area contributed by atoms with E-state index < -0.39 is 0 Å². The topological polar surface area (TPSA) is 61.9 Å². The molecule has 118 valence electrons. The number of hydrogen-bond donors (Lipinski definition) is 1. The fraction of sp³-hybridized carbons (Fsp3) is 0.167. The zero-order valence-electron chi connectivity index (χ0n) is 12.8. The molecule has 6 heteroatoms. The molecular weight excluding hydrogens is 320 g/mol. The molecule has 0 saturated carbocycles. The number of fused-ring (bicyclic) bond motifs is 2. The van der Waals surface area contributed by atoms with Gasteiger partial charge in [0.1, 0.15) is 5.82 Å². The van der Waals surface area contributed by atoms with E-state index in [1.54, 1.807) is 16.8 Å². The molecule has 24 heavy (non-hydrogen) atoms. The van der Waals surface area contributed by atoms with Gasteiger partial charge in [-0.3, -0.25) is 4.79 Å². The third kappa shape index (κ3) is 2.11. The molecule has 0 atom stereocenters. The van der Waals surface area contributed by atoms with Crippen LogP contribution in [-0.2, 0) is 0 Å². The molecule has 2 aromatic heterocycles. The quantitative estimate of drug-likeness (QED) is 0.611. The number of nitrogens with one attached hydrogen (secondary N) is 1. The van der Waals surface area contributed by atoms with Crippen molar-refractivity contribution in [2.45, 2.75) is 5.92 Å². The minimum Gasteiger partial charge on any atom is -0.342 e. The molecule has 0 spiro atoms. The number of para-hydroxylation sites is 2. The van der Waals surface area contributed by atoms with Crippen LogP contribution < -0.4 is 0 Å². The first-order valence-corrected chi connectivity index (χ1v) is 8.73. The van der Waals surface area contributed by atoms with Gasteiger partial charge in [0.15, 0.2) is 0 Å². The average molecular weight is 334 g/mol. The van der Waals surface area contributed by atoms with Crippen molar-refractivity contribution in [2.24, 2.45) is 0 Å². The van der Waals surface area contributed by atoms with Gasteiger partial charge in [0, 0.05) is 18.7 Å². The predicted octanol–water partition coefficient (Wildman–Crippen LogP) is 3.41. The average Bonchev–Trinajstić information content (AvgIpc) is 3.18. The number of imidazole rings is 1. The summed E-state index contributed by atoms with van der Waals surface area (Å²) in [6.07, 6.45) is 0. The first-order valence-electron chi connectivity index (χ1n) is 7.85. The Bertz CT molecular complexity index is 1030. The number of hydrogen-bond acceptors (Lipinski definition) is 4. The smallest absolute Gasteiger partial charge is 0.253 e. The van der Waals surface area contributed by atoms with Crippen molar-refractivity contribution in [1.82, 2.24) is 19.9 Å². The first kappa shape index (κ1) is 13.7. The van der Waals surface area contributed by atoms with Gasteiger partial charge in [-0.2, -0.15) is 0 Å². The van der Waals surface area contributed by atoms with Crippen LogP contribution in [0, 0.1) is 0 Å². The van der Waals surface area contributed by atoms with E-state index in [0.717, 1.165) is 32.6 Å². The summed E-state index contributed by atoms with van der Waals surface area (Å²) in [6, 6.07) is 13.7. The van der Waals surface area contributed by atoms with Gasteiger partial charge >= 0.3 is 0 Å². The normalized spacial score (nSPS) is 15.1. The van der Waals surface area contributed by atoms with Crippen LogP contribution >= 0.6 is 11.3 Å². The number of amides is 1. The van der Waals surface area contributed by atoms with E-state index in [2.05, 4.69) is 15.0 Å². The summed E-state index contributed by atoms with van der Waals surface area (Å²) in [7, 11) is 0. The summed E-state index contributed by atoms with van der Waals surface area (Å²) < 4.78 is 1.05. The van der Waals surface area contributed by atoms with Gasteiger partial charge in [-0.05, 0) is 30.3 Å². The Kier molecular flexibility index (Phi) is 2.93. The van der Waals surface area contributed by atoms with Gasteiger partial charge < -0.3 is 9.88 Å². The molecule has 2 aromatic carbocycles. The Labute approximate surface area is 142 Å². The summed E-state index contributed by atoms with van der Waals surface area (Å²) in [5.74, 6) is 1.34. The van der Waals surface area contributed by atoms with Crippen LogP contribution in [-0.4, -0.2) is 38.8 Å². The lowest BCUT2D eigenvalue weighted by Gasteiger charge is -2.38. The number of aromatic amines is 1. The molecule has 1 fully saturated rings. The summed E-state index contributed by atoms with van der Waals surface area (Å²) in [5, 5.41) is 0. The van der Waals surface area contributed by atoms with E-state index in [9.17, 15) is 4.79 Å². The molecular formula is C18H14N4OS. The highest BCUT2D eigenvalue weighted by Gasteiger charge is 2.34. The minimum atomic E-state index is 0.0812. The number of likely N-dealkylation sites (tertiary alicyclic amines) is 1. The lowest BCUT2D eigenvalue weighted by Crippen LogP contribution is -2.48. The molecule has 0 aliphatic carbocycles. The number of aromatic nitrogens is 3. The van der Waals surface area contributed by atoms with Gasteiger partial charge in [0.05, 0.1) is 32.7 Å². The predicted molar refractivity (Wildman–Crippen MR) is 94.4 cm³/mol. The largest absolute Gasteiger partial charge is 0.342 e. The lowest BCUT2D eigenvalue weighted by molar-refractivity contribution is 0.0596. The number of carbonyl (C=O) groups excluding carboxylic acids is 1. The van der Waals surface area contributed by atoms with Gasteiger partial charge in [-0.15, -0.1) is 11.3 Å². The van der Waals surface area contributed by atoms with Crippen molar-refractivity contribution >= 4 is 38.5 Å². The van der Waals surface area contributed by atoms with Gasteiger partial charge in [-0.25, -0.2) is 9.97 Å². The number of nitrogens with zero attached hydrogens (tertiary/aromatic N) is 3. The minimum absolute atomic E-state index is 0.0812. The highest BCUT2D eigenvalue weighted by molar-refractivity contribution is 7.16. The van der Waals surface area contributed by atoms with Crippen molar-refractivity contribution in [3.8, 4) is 0 Å². The standard InChI is InChI=1S/C18H14N4OS/c23-18(11-5-6-15-16(7-11)24-10-19-15)22-8-12(9-22)17-20-13-3-1-2-4-14(13)21-17/h1-7,10,12H,8-9H2,(H,20,21). The molecule has 5 rings (SSSR count). The van der Waals surface area contributed by atoms with Crippen molar-refractivity contribution < 1.29 is 4.79 Å². The zero-order valence-corrected chi connectivity index (χ0v) is 13.6. The number of rotatable bonds is 2. The molecule has 0 radical (unpaired) electrons. The summed E-state index contributed by atoms with van der Waals surface area (Å²) in [5.41, 5.74) is 5.51. The van der Waals surface area contributed by atoms with E-state index in [1.807, 2.05) is 47.4 Å². The molecule has 1 aliphatic rings. The molecule has 1 saturated heterocycles. The number of benzene rings is 2. The molecule has 0 unspecified atom stereocenters. The van der Waals surface area contributed by atoms with Crippen LogP contribution in [0.5, 0.6) is 0 Å². The Morgan fingerprint density at radius 1 is 1.17 bits per heavy atom. The number of H-pyrrole nitrogens is 1. The fourth-order valence-electron chi connectivity index (χ4n) is 3.15. The molecule has 0 bridgehead atoms. The van der Waals surface area contributed by atoms with E-state index in [1.165, 1.54) is 0 Å². The van der Waals surface area contributed by atoms with E-state index >= 15 is 0 Å². The molecule has 4 aromatic rings. The monoisotopic (exact) mass is 334 g/mol. The fourth-order valence-corrected chi connectivity index (χ4v) is 3.87. The first-order chi connectivity index (χ1) is 11.8. The van der Waals surface area contributed by atoms with E-state index in [0.29, 0.717) is 13.1 Å². The van der Waals surface area contributed by atoms with Gasteiger partial charge in [0.2, 0.25) is 0 Å². The van der Waals surface area contributed by atoms with E-state index in [4.69, 9.17) is 0 Å². The molecule has 5 nitrogen and oxygen atoms in total. The van der Waals surface area contributed by atoms with Crippen LogP contribution in [0.25, 0.3) is 21.3 Å². The van der Waals surface area contributed by atoms with Crippen molar-refractivity contribution in [2.75, 3.05) is 13.1 Å². The second-order valence-corrected chi connectivity index (χ2v) is 6.97. The Hall–Kier alpha value is -2.73. The van der Waals surface area contributed by atoms with Crippen LogP contribution in [0.15, 0.2) is 48.0 Å². The van der Waals surface area contributed by atoms with Crippen molar-refractivity contribution in [1.29, 1.82) is 0 Å². The van der Waals surface area contributed by atoms with Crippen LogP contribution in [0.3, 0.4) is 0 Å². The van der Waals surface area contributed by atoms with Crippen LogP contribution in [0.1, 0.15) is 22.1 Å². The number of thiazole rings is 1. The van der Waals surface area contributed by atoms with E-state index in [-0.39, 0.29) is 11.8 Å². The maximum absolute atomic E-state index is 12.6. The highest BCUT2D eigenvalue weighted by atomic mass is 32.1. The van der Waals surface area contributed by atoms with Gasteiger partial charge in [0.25, 0.3) is 5.91 Å². The second-order valence-electron chi connectivity index (χ2n) is 6.08. The Morgan fingerprint density at radius 3 is 2.92 bits per heavy atom. The zero-order chi connectivity index (χ0) is 16.1. The molecule has 3 heterocycles. The highest BCUT2D eigenvalue weighted by Crippen LogP contribution is 2.29. The molecule has 1 N–H and O–H groups in total. The third-order valence-corrected chi connectivity index (χ3v) is 5.33. The third-order valence-electron chi connectivity index (χ3n) is 4.54. The van der Waals surface area contributed by atoms with Crippen molar-refractivity contribution in [3.05, 3.63) is 59.4 Å². The Balaban J connectivity index is 1.34. The lowest BCUT2D eigenvalue weighted by atomic mass is 9.98. The van der Waals surface area contributed by atoms with Crippen LogP contribution in [0.2, 0.25) is 0 Å². The Morgan fingerprint density at radius 2 is 2.04 bits per heavy atom. The second kappa shape index (κ2) is 5.14. The number of carbonyl (C=O) groups is 1. The van der Waals surface area contributed by atoms with Crippen LogP contribution in [0.4, 0.5) is 0 Å². The summed E-state index contributed by atoms with van der Waals surface area (Å²) >= 11 is 1.56. The summed E-state index contributed by atoms with van der Waals surface area (Å²) in [6.45, 7) is 1.42. The molecule has 1 aliphatic heterocycles.